The van der Waals surface area contributed by atoms with E-state index >= 15 is 0 Å². The molecule has 2 heteroatoms. The van der Waals surface area contributed by atoms with Crippen molar-refractivity contribution in [3.05, 3.63) is 35.4 Å². The summed E-state index contributed by atoms with van der Waals surface area (Å²) in [6.45, 7) is 9.15. The van der Waals surface area contributed by atoms with Crippen molar-refractivity contribution in [2.75, 3.05) is 33.2 Å². The van der Waals surface area contributed by atoms with Gasteiger partial charge >= 0.3 is 0 Å². The number of aryl methyl sites for hydroxylation is 1. The molecule has 0 aliphatic heterocycles. The molecule has 112 valence electrons. The number of nitrogens with zero attached hydrogens (tertiary/aromatic N) is 1. The highest BCUT2D eigenvalue weighted by Gasteiger charge is 2.19. The molecule has 1 aromatic rings. The largest absolute Gasteiger partial charge is 0.315 e. The fourth-order valence-electron chi connectivity index (χ4n) is 3.12. The van der Waals surface area contributed by atoms with Gasteiger partial charge in [-0.25, -0.2) is 0 Å². The molecule has 0 saturated heterocycles. The molecular weight excluding hydrogens is 244 g/mol. The van der Waals surface area contributed by atoms with Crippen LogP contribution >= 0.6 is 0 Å². The van der Waals surface area contributed by atoms with Gasteiger partial charge in [-0.05, 0) is 55.8 Å². The van der Waals surface area contributed by atoms with Gasteiger partial charge in [0.1, 0.15) is 0 Å². The van der Waals surface area contributed by atoms with E-state index in [4.69, 9.17) is 0 Å². The SMILES string of the molecule is CC(C)CNCCN(C)CC1CCc2ccccc2C1. The second-order valence-corrected chi connectivity index (χ2v) is 6.74. The Morgan fingerprint density at radius 2 is 2.00 bits per heavy atom. The van der Waals surface area contributed by atoms with Crippen molar-refractivity contribution in [2.24, 2.45) is 11.8 Å². The number of rotatable bonds is 7. The lowest BCUT2D eigenvalue weighted by Gasteiger charge is -2.28. The summed E-state index contributed by atoms with van der Waals surface area (Å²) in [6, 6.07) is 8.96. The third-order valence-corrected chi connectivity index (χ3v) is 4.24. The van der Waals surface area contributed by atoms with Crippen molar-refractivity contribution in [3.63, 3.8) is 0 Å². The zero-order valence-electron chi connectivity index (χ0n) is 13.4. The van der Waals surface area contributed by atoms with Crippen LogP contribution in [0.2, 0.25) is 0 Å². The van der Waals surface area contributed by atoms with Crippen LogP contribution in [0.1, 0.15) is 31.4 Å². The molecule has 0 amide bonds. The highest BCUT2D eigenvalue weighted by atomic mass is 15.1. The topological polar surface area (TPSA) is 15.3 Å². The third kappa shape index (κ3) is 4.92. The van der Waals surface area contributed by atoms with E-state index in [9.17, 15) is 0 Å². The number of fused-ring (bicyclic) bond motifs is 1. The minimum Gasteiger partial charge on any atom is -0.315 e. The fourth-order valence-corrected chi connectivity index (χ4v) is 3.12. The summed E-state index contributed by atoms with van der Waals surface area (Å²) in [4.78, 5) is 2.49. The molecule has 0 spiro atoms. The van der Waals surface area contributed by atoms with Gasteiger partial charge in [0, 0.05) is 19.6 Å². The number of benzene rings is 1. The second kappa shape index (κ2) is 7.80. The van der Waals surface area contributed by atoms with Crippen LogP contribution < -0.4 is 5.32 Å². The maximum Gasteiger partial charge on any atom is 0.0104 e. The first-order valence-electron chi connectivity index (χ1n) is 8.11. The minimum absolute atomic E-state index is 0.746. The molecule has 0 heterocycles. The Labute approximate surface area is 124 Å². The van der Waals surface area contributed by atoms with E-state index in [2.05, 4.69) is 55.4 Å². The highest BCUT2D eigenvalue weighted by Crippen LogP contribution is 2.25. The van der Waals surface area contributed by atoms with Crippen LogP contribution in [-0.4, -0.2) is 38.1 Å². The Morgan fingerprint density at radius 1 is 1.25 bits per heavy atom. The van der Waals surface area contributed by atoms with Crippen LogP contribution in [0.3, 0.4) is 0 Å². The predicted molar refractivity (Wildman–Crippen MR) is 87.2 cm³/mol. The summed E-state index contributed by atoms with van der Waals surface area (Å²) in [5, 5.41) is 3.53. The first kappa shape index (κ1) is 15.5. The molecule has 0 saturated carbocycles. The van der Waals surface area contributed by atoms with Crippen LogP contribution in [0.5, 0.6) is 0 Å². The first-order valence-corrected chi connectivity index (χ1v) is 8.11. The minimum atomic E-state index is 0.746. The van der Waals surface area contributed by atoms with Gasteiger partial charge in [-0.2, -0.15) is 0 Å². The maximum atomic E-state index is 3.53. The smallest absolute Gasteiger partial charge is 0.0104 e. The van der Waals surface area contributed by atoms with E-state index in [0.717, 1.165) is 31.5 Å². The highest BCUT2D eigenvalue weighted by molar-refractivity contribution is 5.29. The molecule has 1 atom stereocenters. The Bertz CT molecular complexity index is 400. The zero-order chi connectivity index (χ0) is 14.4. The average molecular weight is 274 g/mol. The van der Waals surface area contributed by atoms with Crippen LogP contribution in [0.15, 0.2) is 24.3 Å². The summed E-state index contributed by atoms with van der Waals surface area (Å²) >= 11 is 0. The molecule has 1 aromatic carbocycles. The molecule has 0 radical (unpaired) electrons. The van der Waals surface area contributed by atoms with Gasteiger partial charge in [-0.15, -0.1) is 0 Å². The van der Waals surface area contributed by atoms with Gasteiger partial charge in [0.15, 0.2) is 0 Å². The molecule has 1 aliphatic rings. The van der Waals surface area contributed by atoms with Crippen LogP contribution in [0, 0.1) is 11.8 Å². The Kier molecular flexibility index (Phi) is 6.06. The quantitative estimate of drug-likeness (QED) is 0.769. The maximum absolute atomic E-state index is 3.53. The summed E-state index contributed by atoms with van der Waals surface area (Å²) in [5.74, 6) is 1.58. The Balaban J connectivity index is 1.69. The van der Waals surface area contributed by atoms with E-state index < -0.39 is 0 Å². The van der Waals surface area contributed by atoms with E-state index in [-0.39, 0.29) is 0 Å². The first-order chi connectivity index (χ1) is 9.65. The van der Waals surface area contributed by atoms with Crippen LogP contribution in [-0.2, 0) is 12.8 Å². The molecule has 2 rings (SSSR count). The van der Waals surface area contributed by atoms with Gasteiger partial charge in [-0.3, -0.25) is 0 Å². The van der Waals surface area contributed by atoms with E-state index in [1.165, 1.54) is 25.8 Å². The molecular formula is C18H30N2. The molecule has 1 unspecified atom stereocenters. The van der Waals surface area contributed by atoms with Crippen molar-refractivity contribution < 1.29 is 0 Å². The fraction of sp³-hybridized carbons (Fsp3) is 0.667. The lowest BCUT2D eigenvalue weighted by molar-refractivity contribution is 0.259. The predicted octanol–water partition coefficient (Wildman–Crippen LogP) is 2.97. The van der Waals surface area contributed by atoms with E-state index in [1.807, 2.05) is 0 Å². The summed E-state index contributed by atoms with van der Waals surface area (Å²) in [6.07, 6.45) is 3.88. The van der Waals surface area contributed by atoms with Crippen molar-refractivity contribution in [1.82, 2.24) is 10.2 Å². The average Bonchev–Trinajstić information content (AvgIpc) is 2.43. The molecule has 0 aromatic heterocycles. The number of hydrogen-bond donors (Lipinski definition) is 1. The standard InChI is InChI=1S/C18H30N2/c1-15(2)13-19-10-11-20(3)14-16-8-9-17-6-4-5-7-18(17)12-16/h4-7,15-16,19H,8-14H2,1-3H3. The van der Waals surface area contributed by atoms with Gasteiger partial charge in [0.05, 0.1) is 0 Å². The monoisotopic (exact) mass is 274 g/mol. The van der Waals surface area contributed by atoms with E-state index in [1.54, 1.807) is 11.1 Å². The number of likely N-dealkylation sites (N-methyl/N-ethyl adjacent to an activating group) is 1. The van der Waals surface area contributed by atoms with Crippen molar-refractivity contribution in [1.29, 1.82) is 0 Å². The van der Waals surface area contributed by atoms with Gasteiger partial charge in [0.2, 0.25) is 0 Å². The van der Waals surface area contributed by atoms with Crippen molar-refractivity contribution in [3.8, 4) is 0 Å². The molecule has 1 N–H and O–H groups in total. The zero-order valence-corrected chi connectivity index (χ0v) is 13.4. The van der Waals surface area contributed by atoms with Gasteiger partial charge in [0.25, 0.3) is 0 Å². The van der Waals surface area contributed by atoms with Crippen molar-refractivity contribution in [2.45, 2.75) is 33.1 Å². The lowest BCUT2D eigenvalue weighted by atomic mass is 9.84. The van der Waals surface area contributed by atoms with Crippen LogP contribution in [0.25, 0.3) is 0 Å². The third-order valence-electron chi connectivity index (χ3n) is 4.24. The normalized spacial score (nSPS) is 18.6. The second-order valence-electron chi connectivity index (χ2n) is 6.74. The molecule has 0 fully saturated rings. The molecule has 0 bridgehead atoms. The Morgan fingerprint density at radius 3 is 2.75 bits per heavy atom. The van der Waals surface area contributed by atoms with E-state index in [0.29, 0.717) is 0 Å². The number of nitrogens with one attached hydrogen (secondary N) is 1. The number of hydrogen-bond acceptors (Lipinski definition) is 2. The molecule has 2 nitrogen and oxygen atoms in total. The summed E-state index contributed by atoms with van der Waals surface area (Å²) < 4.78 is 0. The van der Waals surface area contributed by atoms with Gasteiger partial charge < -0.3 is 10.2 Å². The molecule has 1 aliphatic carbocycles. The molecule has 20 heavy (non-hydrogen) atoms. The lowest BCUT2D eigenvalue weighted by Crippen LogP contribution is -2.35. The van der Waals surface area contributed by atoms with Crippen molar-refractivity contribution >= 4 is 0 Å². The van der Waals surface area contributed by atoms with Gasteiger partial charge in [-0.1, -0.05) is 38.1 Å². The summed E-state index contributed by atoms with van der Waals surface area (Å²) in [7, 11) is 2.26. The Hall–Kier alpha value is -0.860. The summed E-state index contributed by atoms with van der Waals surface area (Å²) in [5.41, 5.74) is 3.15. The van der Waals surface area contributed by atoms with Crippen LogP contribution in [0.4, 0.5) is 0 Å².